The highest BCUT2D eigenvalue weighted by Gasteiger charge is 2.60. The Kier molecular flexibility index (Phi) is 6.41. The minimum Gasteiger partial charge on any atom is -0.480 e. The highest BCUT2D eigenvalue weighted by molar-refractivity contribution is 6.42. The predicted octanol–water partition coefficient (Wildman–Crippen LogP) is 6.44. The predicted molar refractivity (Wildman–Crippen MR) is 140 cm³/mol. The first kappa shape index (κ1) is 24.9. The quantitative estimate of drug-likeness (QED) is 0.361. The molecule has 1 saturated carbocycles. The van der Waals surface area contributed by atoms with E-state index in [4.69, 9.17) is 46.4 Å². The summed E-state index contributed by atoms with van der Waals surface area (Å²) < 4.78 is 0. The number of para-hydroxylation sites is 1. The molecule has 0 saturated heterocycles. The number of carboxylic acids is 1. The van der Waals surface area contributed by atoms with Gasteiger partial charge in [0, 0.05) is 17.1 Å². The van der Waals surface area contributed by atoms with Crippen molar-refractivity contribution in [3.8, 4) is 0 Å². The monoisotopic (exact) mass is 562 g/mol. The number of aliphatic carboxylic acids is 1. The van der Waals surface area contributed by atoms with Gasteiger partial charge in [-0.05, 0) is 54.3 Å². The van der Waals surface area contributed by atoms with E-state index in [9.17, 15) is 19.5 Å². The fourth-order valence-corrected chi connectivity index (χ4v) is 5.87. The van der Waals surface area contributed by atoms with E-state index < -0.39 is 23.3 Å². The maximum atomic E-state index is 13.3. The van der Waals surface area contributed by atoms with Gasteiger partial charge in [-0.1, -0.05) is 70.7 Å². The Morgan fingerprint density at radius 2 is 1.61 bits per heavy atom. The Labute approximate surface area is 226 Å². The van der Waals surface area contributed by atoms with Crippen molar-refractivity contribution in [1.29, 1.82) is 0 Å². The van der Waals surface area contributed by atoms with Crippen LogP contribution in [0.25, 0.3) is 0 Å². The number of nitrogens with zero attached hydrogens (tertiary/aromatic N) is 1. The molecular formula is C26H18Cl4N2O4. The minimum absolute atomic E-state index is 0.000587. The lowest BCUT2D eigenvalue weighted by atomic mass is 9.98. The van der Waals surface area contributed by atoms with Crippen LogP contribution < -0.4 is 10.2 Å². The molecule has 0 bridgehead atoms. The number of hydrogen-bond acceptors (Lipinski definition) is 3. The number of amides is 2. The first-order valence-electron chi connectivity index (χ1n) is 11.0. The largest absolute Gasteiger partial charge is 0.480 e. The van der Waals surface area contributed by atoms with Crippen molar-refractivity contribution in [2.45, 2.75) is 30.7 Å². The van der Waals surface area contributed by atoms with E-state index in [1.165, 1.54) is 12.1 Å². The molecule has 184 valence electrons. The fraction of sp³-hybridized carbons (Fsp3) is 0.192. The number of carboxylic acid groups (broad SMARTS) is 1. The molecule has 3 aromatic rings. The van der Waals surface area contributed by atoms with Crippen LogP contribution in [0.2, 0.25) is 20.1 Å². The number of nitrogens with one attached hydrogen (secondary N) is 1. The second kappa shape index (κ2) is 9.27. The fourth-order valence-electron chi connectivity index (χ4n) is 4.62. The van der Waals surface area contributed by atoms with E-state index >= 15 is 0 Å². The van der Waals surface area contributed by atoms with Gasteiger partial charge in [0.05, 0.1) is 31.7 Å². The summed E-state index contributed by atoms with van der Waals surface area (Å²) in [4.78, 5) is 39.6. The molecule has 0 unspecified atom stereocenters. The van der Waals surface area contributed by atoms with Gasteiger partial charge in [0.15, 0.2) is 0 Å². The summed E-state index contributed by atoms with van der Waals surface area (Å²) in [6.07, 6.45) is 1.57. The summed E-state index contributed by atoms with van der Waals surface area (Å²) in [6.45, 7) is 0. The first-order valence-corrected chi connectivity index (χ1v) is 12.5. The molecule has 2 amide bonds. The van der Waals surface area contributed by atoms with Crippen LogP contribution in [0, 0.1) is 0 Å². The smallest absolute Gasteiger partial charge is 0.326 e. The second-order valence-electron chi connectivity index (χ2n) is 8.84. The standard InChI is InChI=1S/C26H18Cl4N2O4/c27-14-11-18(29)21(19(30)12-14)23(33)31-20(24(34)35)10-13-4-6-15(7-5-13)32-22-16(2-1-3-17(22)28)26(8-9-26)25(32)36/h1-7,11-12,20H,8-10H2,(H,31,33)(H,34,35)/t20-/m0/s1. The normalized spacial score (nSPS) is 16.1. The summed E-state index contributed by atoms with van der Waals surface area (Å²) in [5.41, 5.74) is 2.37. The van der Waals surface area contributed by atoms with Gasteiger partial charge in [0.1, 0.15) is 6.04 Å². The summed E-state index contributed by atoms with van der Waals surface area (Å²) in [5, 5.41) is 13.0. The van der Waals surface area contributed by atoms with Crippen LogP contribution in [0.3, 0.4) is 0 Å². The maximum absolute atomic E-state index is 13.3. The van der Waals surface area contributed by atoms with Crippen molar-refractivity contribution in [1.82, 2.24) is 5.32 Å². The number of anilines is 2. The molecule has 6 nitrogen and oxygen atoms in total. The lowest BCUT2D eigenvalue weighted by Gasteiger charge is -2.20. The van der Waals surface area contributed by atoms with Crippen molar-refractivity contribution in [2.24, 2.45) is 0 Å². The van der Waals surface area contributed by atoms with E-state index in [0.717, 1.165) is 18.4 Å². The van der Waals surface area contributed by atoms with Gasteiger partial charge in [0.2, 0.25) is 5.91 Å². The molecule has 36 heavy (non-hydrogen) atoms. The third-order valence-electron chi connectivity index (χ3n) is 6.56. The number of rotatable bonds is 6. The van der Waals surface area contributed by atoms with E-state index in [1.807, 2.05) is 12.1 Å². The Morgan fingerprint density at radius 3 is 2.19 bits per heavy atom. The second-order valence-corrected chi connectivity index (χ2v) is 10.5. The Morgan fingerprint density at radius 1 is 0.972 bits per heavy atom. The number of hydrogen-bond donors (Lipinski definition) is 2. The summed E-state index contributed by atoms with van der Waals surface area (Å²) in [6, 6.07) is 14.0. The molecule has 1 aliphatic carbocycles. The third kappa shape index (κ3) is 4.22. The van der Waals surface area contributed by atoms with Gasteiger partial charge in [0.25, 0.3) is 5.91 Å². The van der Waals surface area contributed by atoms with E-state index in [1.54, 1.807) is 35.2 Å². The van der Waals surface area contributed by atoms with E-state index in [0.29, 0.717) is 22.0 Å². The Bertz CT molecular complexity index is 1400. The molecule has 3 aromatic carbocycles. The Hall–Kier alpha value is -2.77. The molecule has 0 aromatic heterocycles. The van der Waals surface area contributed by atoms with Gasteiger partial charge < -0.3 is 10.4 Å². The molecule has 1 aliphatic heterocycles. The Balaban J connectivity index is 1.36. The summed E-state index contributed by atoms with van der Waals surface area (Å²) in [7, 11) is 0. The van der Waals surface area contributed by atoms with Crippen LogP contribution in [0.15, 0.2) is 54.6 Å². The molecule has 2 aliphatic rings. The van der Waals surface area contributed by atoms with Crippen LogP contribution >= 0.6 is 46.4 Å². The lowest BCUT2D eigenvalue weighted by Crippen LogP contribution is -2.42. The molecule has 5 rings (SSSR count). The van der Waals surface area contributed by atoms with Crippen LogP contribution in [-0.2, 0) is 21.4 Å². The van der Waals surface area contributed by atoms with Crippen molar-refractivity contribution in [2.75, 3.05) is 4.90 Å². The summed E-state index contributed by atoms with van der Waals surface area (Å²) in [5.74, 6) is -1.96. The molecule has 0 radical (unpaired) electrons. The molecule has 1 atom stereocenters. The maximum Gasteiger partial charge on any atom is 0.326 e. The van der Waals surface area contributed by atoms with E-state index in [-0.39, 0.29) is 33.0 Å². The summed E-state index contributed by atoms with van der Waals surface area (Å²) >= 11 is 24.6. The van der Waals surface area contributed by atoms with Crippen molar-refractivity contribution in [3.63, 3.8) is 0 Å². The van der Waals surface area contributed by atoms with Gasteiger partial charge in [-0.3, -0.25) is 14.5 Å². The minimum atomic E-state index is -1.25. The number of halogens is 4. The van der Waals surface area contributed by atoms with Gasteiger partial charge >= 0.3 is 5.97 Å². The average Bonchev–Trinajstić information content (AvgIpc) is 3.57. The van der Waals surface area contributed by atoms with Crippen LogP contribution in [0.4, 0.5) is 11.4 Å². The number of benzene rings is 3. The SMILES string of the molecule is O=C(N[C@@H](Cc1ccc(N2C(=O)C3(CC3)c3cccc(Cl)c32)cc1)C(=O)O)c1c(Cl)cc(Cl)cc1Cl. The molecule has 1 heterocycles. The highest BCUT2D eigenvalue weighted by Crippen LogP contribution is 2.60. The lowest BCUT2D eigenvalue weighted by molar-refractivity contribution is -0.139. The van der Waals surface area contributed by atoms with E-state index in [2.05, 4.69) is 5.32 Å². The number of fused-ring (bicyclic) bond motifs is 2. The molecular weight excluding hydrogens is 546 g/mol. The third-order valence-corrected chi connectivity index (χ3v) is 7.68. The molecule has 2 N–H and O–H groups in total. The van der Waals surface area contributed by atoms with Crippen LogP contribution in [-0.4, -0.2) is 28.9 Å². The van der Waals surface area contributed by atoms with Gasteiger partial charge in [-0.15, -0.1) is 0 Å². The zero-order chi connectivity index (χ0) is 25.8. The van der Waals surface area contributed by atoms with Crippen LogP contribution in [0.5, 0.6) is 0 Å². The van der Waals surface area contributed by atoms with Crippen molar-refractivity contribution in [3.05, 3.63) is 91.4 Å². The van der Waals surface area contributed by atoms with Crippen molar-refractivity contribution < 1.29 is 19.5 Å². The molecule has 10 heteroatoms. The zero-order valence-electron chi connectivity index (χ0n) is 18.5. The van der Waals surface area contributed by atoms with Crippen molar-refractivity contribution >= 4 is 75.6 Å². The molecule has 1 fully saturated rings. The molecule has 1 spiro atoms. The average molecular weight is 564 g/mol. The number of carbonyl (C=O) groups excluding carboxylic acids is 2. The first-order chi connectivity index (χ1) is 17.1. The van der Waals surface area contributed by atoms with Gasteiger partial charge in [-0.25, -0.2) is 4.79 Å². The number of carbonyl (C=O) groups is 3. The topological polar surface area (TPSA) is 86.7 Å². The zero-order valence-corrected chi connectivity index (χ0v) is 21.5. The van der Waals surface area contributed by atoms with Gasteiger partial charge in [-0.2, -0.15) is 0 Å². The highest BCUT2D eigenvalue weighted by atomic mass is 35.5. The van der Waals surface area contributed by atoms with Crippen LogP contribution in [0.1, 0.15) is 34.3 Å².